The van der Waals surface area contributed by atoms with Crippen LogP contribution in [-0.2, 0) is 81.8 Å². The lowest BCUT2D eigenvalue weighted by Gasteiger charge is -2.36. The largest absolute Gasteiger partial charge is 0.743 e. The van der Waals surface area contributed by atoms with Crippen LogP contribution in [0.5, 0.6) is 23.0 Å². The fraction of sp³-hybridized carbons (Fsp3) is 0.0625. The van der Waals surface area contributed by atoms with Crippen LogP contribution in [0.3, 0.4) is 0 Å². The normalized spacial score (nSPS) is 12.6. The van der Waals surface area contributed by atoms with E-state index in [1.165, 1.54) is 48.5 Å². The van der Waals surface area contributed by atoms with Crippen LogP contribution in [0.25, 0.3) is 0 Å². The Morgan fingerprint density at radius 3 is 0.619 bits per heavy atom. The Labute approximate surface area is 650 Å². The van der Waals surface area contributed by atoms with Crippen LogP contribution >= 0.6 is 12.0 Å². The maximum atomic E-state index is 14.1. The van der Waals surface area contributed by atoms with Gasteiger partial charge in [-0.3, -0.25) is 5.04 Å². The molecule has 10 rings (SSSR count). The van der Waals surface area contributed by atoms with Crippen molar-refractivity contribution in [2.24, 2.45) is 0 Å². The molecule has 0 aromatic heterocycles. The second-order valence-corrected chi connectivity index (χ2v) is 33.9. The molecular weight excluding hydrogens is 1850 g/mol. The molecule has 0 atom stereocenters. The van der Waals surface area contributed by atoms with E-state index < -0.39 is 266 Å². The molecule has 0 heterocycles. The highest BCUT2D eigenvalue weighted by molar-refractivity contribution is 7.97. The Kier molecular flexibility index (Phi) is 27.9. The number of alkyl halides is 8. The van der Waals surface area contributed by atoms with E-state index >= 15 is 0 Å². The van der Waals surface area contributed by atoms with Gasteiger partial charge < -0.3 is 26.5 Å². The van der Waals surface area contributed by atoms with Gasteiger partial charge in [-0.1, -0.05) is 36.4 Å². The summed E-state index contributed by atoms with van der Waals surface area (Å²) in [6, 6.07) is 35.0. The Hall–Kier alpha value is -9.92. The minimum atomic E-state index is -7.41. The molecule has 0 aliphatic heterocycles. The zero-order chi connectivity index (χ0) is 88.6. The summed E-state index contributed by atoms with van der Waals surface area (Å²) in [5.74, 6) is -68.2. The first-order chi connectivity index (χ1) is 54.5. The van der Waals surface area contributed by atoms with Crippen LogP contribution in [0.15, 0.2) is 207 Å². The van der Waals surface area contributed by atoms with Crippen LogP contribution in [0, 0.1) is 116 Å². The average Bonchev–Trinajstić information content (AvgIpc) is 0.723. The van der Waals surface area contributed by atoms with Crippen molar-refractivity contribution in [2.45, 2.75) is 71.3 Å². The van der Waals surface area contributed by atoms with Crippen LogP contribution in [0.4, 0.5) is 123 Å². The summed E-state index contributed by atoms with van der Waals surface area (Å²) in [6.45, 7) is 0. The van der Waals surface area contributed by atoms with Gasteiger partial charge in [0.25, 0.3) is 0 Å². The van der Waals surface area contributed by atoms with E-state index in [1.54, 1.807) is 60.7 Å². The molecule has 0 bridgehead atoms. The summed E-state index contributed by atoms with van der Waals surface area (Å²) in [5.41, 5.74) is 0. The maximum absolute atomic E-state index is 14.1. The summed E-state index contributed by atoms with van der Waals surface area (Å²) < 4.78 is 527. The van der Waals surface area contributed by atoms with Gasteiger partial charge in [0.1, 0.15) is 35.0 Å². The zero-order valence-corrected chi connectivity index (χ0v) is 61.7. The molecule has 0 radical (unpaired) electrons. The van der Waals surface area contributed by atoms with Crippen molar-refractivity contribution in [3.05, 3.63) is 274 Å². The quantitative estimate of drug-likeness (QED) is 0.00592. The first-order valence-corrected chi connectivity index (χ1v) is 39.6. The monoisotopic (exact) mass is 1870 g/mol. The van der Waals surface area contributed by atoms with Crippen LogP contribution in [-0.4, -0.2) is 69.0 Å². The van der Waals surface area contributed by atoms with Crippen molar-refractivity contribution in [1.82, 2.24) is 0 Å². The Morgan fingerprint density at radius 2 is 0.441 bits per heavy atom. The molecular formula is C64H26F28O18S8. The molecule has 0 spiro atoms. The number of hydrogen-bond acceptors (Lipinski definition) is 19. The molecule has 18 nitrogen and oxygen atoms in total. The summed E-state index contributed by atoms with van der Waals surface area (Å²) in [5, 5.41) is -2.07. The molecule has 0 N–H and O–H groups in total. The fourth-order valence-electron chi connectivity index (χ4n) is 8.98. The molecule has 634 valence electrons. The zero-order valence-electron chi connectivity index (χ0n) is 55.2. The molecule has 0 fully saturated rings. The Morgan fingerprint density at radius 1 is 0.263 bits per heavy atom. The SMILES string of the molecule is O=S(=O)(Oc1ccc([S+](c2ccccc2)c2ccc(OS(=O)(=O)c3c(F)c(F)c(F)c(F)c3F)cc2)cc1)c1c(F)c(F)c(F)c(F)c1F.O=S(=O)(Oc1ccc([S+](c2ccccc2)c2ccc(OS(=O)(=O)c3c(F)c(F)c(F)c(F)c3F)cc2)cc1)c1c(F)c(F)c(F)c(F)c1F.O=S(=O)([O-])C(F)(F)C(F)(F)C(F)(F)C(F)(F)SOO[O-]. The van der Waals surface area contributed by atoms with Gasteiger partial charge in [0.05, 0.1) is 21.8 Å². The minimum absolute atomic E-state index is 0.398. The van der Waals surface area contributed by atoms with Crippen LogP contribution < -0.4 is 22.0 Å². The van der Waals surface area contributed by atoms with Crippen molar-refractivity contribution in [1.29, 1.82) is 0 Å². The minimum Gasteiger partial charge on any atom is -0.743 e. The van der Waals surface area contributed by atoms with Gasteiger partial charge in [-0.05, 0) is 121 Å². The molecule has 118 heavy (non-hydrogen) atoms. The Balaban J connectivity index is 0.000000240. The average molecular weight is 1870 g/mol. The summed E-state index contributed by atoms with van der Waals surface area (Å²) >= 11 is -2.09. The van der Waals surface area contributed by atoms with Gasteiger partial charge in [0, 0.05) is 0 Å². The number of benzene rings is 10. The van der Waals surface area contributed by atoms with Crippen molar-refractivity contribution >= 4 is 84.4 Å². The lowest BCUT2D eigenvalue weighted by atomic mass is 10.2. The third-order valence-electron chi connectivity index (χ3n) is 14.3. The molecule has 0 aliphatic carbocycles. The topological polar surface area (TPSA) is 272 Å². The second kappa shape index (κ2) is 35.2. The first kappa shape index (κ1) is 93.6. The molecule has 10 aromatic carbocycles. The number of rotatable bonds is 25. The number of halogens is 28. The van der Waals surface area contributed by atoms with Gasteiger partial charge in [-0.25, -0.2) is 96.2 Å². The Bertz CT molecular complexity index is 5370. The maximum Gasteiger partial charge on any atom is 0.402 e. The number of hydrogen-bond donors (Lipinski definition) is 0. The van der Waals surface area contributed by atoms with Gasteiger partial charge >= 0.3 is 62.8 Å². The molecule has 10 aromatic rings. The predicted molar refractivity (Wildman–Crippen MR) is 338 cm³/mol. The van der Waals surface area contributed by atoms with Crippen molar-refractivity contribution in [2.75, 3.05) is 0 Å². The van der Waals surface area contributed by atoms with E-state index in [0.717, 1.165) is 48.5 Å². The predicted octanol–water partition coefficient (Wildman–Crippen LogP) is 16.3. The lowest BCUT2D eigenvalue weighted by molar-refractivity contribution is -0.777. The second-order valence-electron chi connectivity index (χ2n) is 21.7. The summed E-state index contributed by atoms with van der Waals surface area (Å²) in [6.07, 6.45) is 0. The lowest BCUT2D eigenvalue weighted by Crippen LogP contribution is -2.63. The van der Waals surface area contributed by atoms with E-state index in [1.807, 2.05) is 0 Å². The van der Waals surface area contributed by atoms with E-state index in [2.05, 4.69) is 26.1 Å². The van der Waals surface area contributed by atoms with Crippen molar-refractivity contribution in [3.8, 4) is 23.0 Å². The van der Waals surface area contributed by atoms with Crippen LogP contribution in [0.1, 0.15) is 0 Å². The van der Waals surface area contributed by atoms with Gasteiger partial charge in [0.15, 0.2) is 152 Å². The molecule has 0 amide bonds. The molecule has 0 saturated heterocycles. The summed E-state index contributed by atoms with van der Waals surface area (Å²) in [7, 11) is -32.0. The highest BCUT2D eigenvalue weighted by atomic mass is 32.2. The smallest absolute Gasteiger partial charge is 0.402 e. The van der Waals surface area contributed by atoms with Gasteiger partial charge in [0.2, 0.25) is 23.3 Å². The van der Waals surface area contributed by atoms with Crippen molar-refractivity contribution < 1.29 is 201 Å². The fourth-order valence-corrected chi connectivity index (χ4v) is 18.2. The highest BCUT2D eigenvalue weighted by Gasteiger charge is 2.83. The molecule has 0 saturated carbocycles. The van der Waals surface area contributed by atoms with E-state index in [-0.39, 0.29) is 0 Å². The van der Waals surface area contributed by atoms with E-state index in [4.69, 9.17) is 5.26 Å². The standard InChI is InChI=1S/2C30H13F10O6S3.C4H2F8O6S2/c2*31-19-21(33)25(37)29(26(38)22(19)34)48(41,42)45-14-6-10-17(11-7-14)47(16-4-2-1-3-5-16)18-12-8-15(9-13-18)46-49(43,44)30-27(39)23(35)20(32)24(36)28(30)40;5-1(6,3(9,10)19-18-17-13)2(7,8)4(11,12)20(14,15)16/h2*1-13H;13H,(H,14,15,16)/q2*+1;/p-2. The third kappa shape index (κ3) is 18.6. The third-order valence-corrected chi connectivity index (χ3v) is 25.3. The van der Waals surface area contributed by atoms with Gasteiger partial charge in [-0.15, -0.1) is 0 Å². The van der Waals surface area contributed by atoms with Crippen molar-refractivity contribution in [3.63, 3.8) is 0 Å². The molecule has 54 heteroatoms. The highest BCUT2D eigenvalue weighted by Crippen LogP contribution is 2.57. The molecule has 0 aliphatic rings. The first-order valence-electron chi connectivity index (χ1n) is 29.4. The van der Waals surface area contributed by atoms with E-state index in [0.29, 0.717) is 29.4 Å². The molecule has 0 unspecified atom stereocenters. The van der Waals surface area contributed by atoms with E-state index in [9.17, 15) is 170 Å². The van der Waals surface area contributed by atoms with Crippen LogP contribution in [0.2, 0.25) is 0 Å². The van der Waals surface area contributed by atoms with Gasteiger partial charge in [-0.2, -0.15) is 73.1 Å². The summed E-state index contributed by atoms with van der Waals surface area (Å²) in [4.78, 5) is -6.03.